The number of nitrogens with one attached hydrogen (secondary N) is 2. The first kappa shape index (κ1) is 18.5. The molecule has 126 valence electrons. The summed E-state index contributed by atoms with van der Waals surface area (Å²) >= 11 is 0. The summed E-state index contributed by atoms with van der Waals surface area (Å²) in [5, 5.41) is 4.61. The molecule has 7 heteroatoms. The number of rotatable bonds is 7. The summed E-state index contributed by atoms with van der Waals surface area (Å²) in [6.45, 7) is 3.83. The number of esters is 1. The summed E-state index contributed by atoms with van der Waals surface area (Å²) in [5.74, 6) is -0.255. The number of benzene rings is 1. The Bertz CT molecular complexity index is 540. The number of carbonyl (C=O) groups is 3. The van der Waals surface area contributed by atoms with Crippen LogP contribution in [0.15, 0.2) is 24.3 Å². The molecule has 1 aromatic rings. The molecule has 0 atom stereocenters. The van der Waals surface area contributed by atoms with Gasteiger partial charge in [-0.15, -0.1) is 0 Å². The number of urea groups is 1. The van der Waals surface area contributed by atoms with Crippen LogP contribution in [0.1, 0.15) is 19.4 Å². The molecule has 0 bridgehead atoms. The van der Waals surface area contributed by atoms with E-state index in [0.717, 1.165) is 5.56 Å². The highest BCUT2D eigenvalue weighted by molar-refractivity contribution is 5.95. The lowest BCUT2D eigenvalue weighted by Crippen LogP contribution is -2.42. The number of ether oxygens (including phenoxy) is 2. The average Bonchev–Trinajstić information content (AvgIpc) is 2.52. The van der Waals surface area contributed by atoms with E-state index >= 15 is 0 Å². The Kier molecular flexibility index (Phi) is 7.59. The van der Waals surface area contributed by atoms with Gasteiger partial charge in [-0.25, -0.2) is 4.79 Å². The molecular formula is C16H22N2O5. The fourth-order valence-electron chi connectivity index (χ4n) is 1.61. The molecule has 3 amide bonds. The van der Waals surface area contributed by atoms with Crippen LogP contribution in [0.3, 0.4) is 0 Å². The maximum Gasteiger partial charge on any atom is 0.321 e. The molecular weight excluding hydrogens is 300 g/mol. The van der Waals surface area contributed by atoms with Crippen LogP contribution in [-0.2, 0) is 20.7 Å². The molecule has 0 aliphatic carbocycles. The first-order valence-electron chi connectivity index (χ1n) is 7.27. The summed E-state index contributed by atoms with van der Waals surface area (Å²) in [6, 6.07) is 6.33. The molecule has 0 radical (unpaired) electrons. The van der Waals surface area contributed by atoms with Crippen LogP contribution < -0.4 is 15.4 Å². The molecule has 0 fully saturated rings. The molecule has 0 unspecified atom stereocenters. The van der Waals surface area contributed by atoms with Gasteiger partial charge in [0, 0.05) is 6.54 Å². The minimum Gasteiger partial charge on any atom is -0.497 e. The SMILES string of the molecule is COc1ccc(CC(=O)OCC(=O)NC(=O)NCC(C)C)cc1. The first-order valence-corrected chi connectivity index (χ1v) is 7.27. The second-order valence-electron chi connectivity index (χ2n) is 5.34. The topological polar surface area (TPSA) is 93.7 Å². The van der Waals surface area contributed by atoms with Gasteiger partial charge in [0.25, 0.3) is 5.91 Å². The van der Waals surface area contributed by atoms with Crippen molar-refractivity contribution in [1.82, 2.24) is 10.6 Å². The molecule has 23 heavy (non-hydrogen) atoms. The number of amides is 3. The van der Waals surface area contributed by atoms with Crippen molar-refractivity contribution in [3.05, 3.63) is 29.8 Å². The van der Waals surface area contributed by atoms with Gasteiger partial charge in [-0.05, 0) is 23.6 Å². The van der Waals surface area contributed by atoms with E-state index in [2.05, 4.69) is 10.6 Å². The van der Waals surface area contributed by atoms with Gasteiger partial charge < -0.3 is 14.8 Å². The highest BCUT2D eigenvalue weighted by atomic mass is 16.5. The Morgan fingerprint density at radius 1 is 1.13 bits per heavy atom. The molecule has 0 spiro atoms. The Morgan fingerprint density at radius 3 is 2.35 bits per heavy atom. The van der Waals surface area contributed by atoms with Crippen molar-refractivity contribution in [2.45, 2.75) is 20.3 Å². The van der Waals surface area contributed by atoms with Crippen molar-refractivity contribution in [1.29, 1.82) is 0 Å². The quantitative estimate of drug-likeness (QED) is 0.737. The zero-order valence-electron chi connectivity index (χ0n) is 13.5. The van der Waals surface area contributed by atoms with Gasteiger partial charge in [0.1, 0.15) is 5.75 Å². The fourth-order valence-corrected chi connectivity index (χ4v) is 1.61. The van der Waals surface area contributed by atoms with E-state index in [0.29, 0.717) is 12.3 Å². The molecule has 7 nitrogen and oxygen atoms in total. The molecule has 1 aromatic carbocycles. The summed E-state index contributed by atoms with van der Waals surface area (Å²) in [4.78, 5) is 34.5. The second kappa shape index (κ2) is 9.45. The Morgan fingerprint density at radius 2 is 1.78 bits per heavy atom. The monoisotopic (exact) mass is 322 g/mol. The van der Waals surface area contributed by atoms with E-state index in [1.807, 2.05) is 13.8 Å². The highest BCUT2D eigenvalue weighted by Crippen LogP contribution is 2.11. The molecule has 0 saturated heterocycles. The summed E-state index contributed by atoms with van der Waals surface area (Å²) in [7, 11) is 1.55. The minimum atomic E-state index is -0.672. The zero-order chi connectivity index (χ0) is 17.2. The van der Waals surface area contributed by atoms with Gasteiger partial charge in [-0.1, -0.05) is 26.0 Å². The van der Waals surface area contributed by atoms with Gasteiger partial charge in [-0.3, -0.25) is 14.9 Å². The number of methoxy groups -OCH3 is 1. The fraction of sp³-hybridized carbons (Fsp3) is 0.438. The third-order valence-corrected chi connectivity index (χ3v) is 2.80. The standard InChI is InChI=1S/C16H22N2O5/c1-11(2)9-17-16(21)18-14(19)10-23-15(20)8-12-4-6-13(22-3)7-5-12/h4-7,11H,8-10H2,1-3H3,(H2,17,18,19,21). The lowest BCUT2D eigenvalue weighted by atomic mass is 10.1. The molecule has 0 aliphatic heterocycles. The number of imide groups is 1. The smallest absolute Gasteiger partial charge is 0.321 e. The van der Waals surface area contributed by atoms with Crippen LogP contribution in [0.25, 0.3) is 0 Å². The van der Waals surface area contributed by atoms with Crippen molar-refractivity contribution in [2.75, 3.05) is 20.3 Å². The van der Waals surface area contributed by atoms with Gasteiger partial charge in [0.15, 0.2) is 6.61 Å². The van der Waals surface area contributed by atoms with E-state index in [9.17, 15) is 14.4 Å². The van der Waals surface area contributed by atoms with Crippen LogP contribution in [0.4, 0.5) is 4.79 Å². The van der Waals surface area contributed by atoms with E-state index in [1.54, 1.807) is 31.4 Å². The van der Waals surface area contributed by atoms with Crippen molar-refractivity contribution >= 4 is 17.9 Å². The van der Waals surface area contributed by atoms with E-state index in [4.69, 9.17) is 9.47 Å². The summed E-state index contributed by atoms with van der Waals surface area (Å²) < 4.78 is 9.85. The summed E-state index contributed by atoms with van der Waals surface area (Å²) in [5.41, 5.74) is 0.742. The molecule has 0 aromatic heterocycles. The van der Waals surface area contributed by atoms with E-state index in [1.165, 1.54) is 0 Å². The molecule has 2 N–H and O–H groups in total. The highest BCUT2D eigenvalue weighted by Gasteiger charge is 2.11. The second-order valence-corrected chi connectivity index (χ2v) is 5.34. The van der Waals surface area contributed by atoms with Gasteiger partial charge in [0.05, 0.1) is 13.5 Å². The van der Waals surface area contributed by atoms with E-state index in [-0.39, 0.29) is 12.3 Å². The predicted molar refractivity (Wildman–Crippen MR) is 84.0 cm³/mol. The maximum absolute atomic E-state index is 11.6. The normalized spacial score (nSPS) is 10.1. The molecule has 0 aliphatic rings. The zero-order valence-corrected chi connectivity index (χ0v) is 13.5. The Hall–Kier alpha value is -2.57. The predicted octanol–water partition coefficient (Wildman–Crippen LogP) is 1.26. The van der Waals surface area contributed by atoms with Gasteiger partial charge in [0.2, 0.25) is 0 Å². The largest absolute Gasteiger partial charge is 0.497 e. The molecule has 0 saturated carbocycles. The van der Waals surface area contributed by atoms with Crippen LogP contribution in [0.5, 0.6) is 5.75 Å². The third-order valence-electron chi connectivity index (χ3n) is 2.80. The van der Waals surface area contributed by atoms with Gasteiger partial charge >= 0.3 is 12.0 Å². The van der Waals surface area contributed by atoms with Crippen LogP contribution in [0.2, 0.25) is 0 Å². The van der Waals surface area contributed by atoms with Gasteiger partial charge in [-0.2, -0.15) is 0 Å². The number of carbonyl (C=O) groups excluding carboxylic acids is 3. The summed E-state index contributed by atoms with van der Waals surface area (Å²) in [6.07, 6.45) is 0.0385. The van der Waals surface area contributed by atoms with Crippen molar-refractivity contribution < 1.29 is 23.9 Å². The molecule has 1 rings (SSSR count). The van der Waals surface area contributed by atoms with Crippen molar-refractivity contribution in [2.24, 2.45) is 5.92 Å². The Balaban J connectivity index is 2.29. The minimum absolute atomic E-state index is 0.0385. The van der Waals surface area contributed by atoms with Crippen LogP contribution >= 0.6 is 0 Å². The lowest BCUT2D eigenvalue weighted by molar-refractivity contribution is -0.147. The molecule has 0 heterocycles. The van der Waals surface area contributed by atoms with Crippen LogP contribution in [0, 0.1) is 5.92 Å². The average molecular weight is 322 g/mol. The lowest BCUT2D eigenvalue weighted by Gasteiger charge is -2.09. The van der Waals surface area contributed by atoms with Crippen LogP contribution in [-0.4, -0.2) is 38.2 Å². The number of hydrogen-bond donors (Lipinski definition) is 2. The van der Waals surface area contributed by atoms with E-state index < -0.39 is 24.5 Å². The first-order chi connectivity index (χ1) is 10.9. The third kappa shape index (κ3) is 7.85. The maximum atomic E-state index is 11.6. The van der Waals surface area contributed by atoms with Crippen molar-refractivity contribution in [3.63, 3.8) is 0 Å². The van der Waals surface area contributed by atoms with Crippen molar-refractivity contribution in [3.8, 4) is 5.75 Å². The Labute approximate surface area is 135 Å². The number of hydrogen-bond acceptors (Lipinski definition) is 5.